The van der Waals surface area contributed by atoms with Crippen LogP contribution in [0.2, 0.25) is 0 Å². The summed E-state index contributed by atoms with van der Waals surface area (Å²) >= 11 is 0. The monoisotopic (exact) mass is 309 g/mol. The Morgan fingerprint density at radius 2 is 2.09 bits per heavy atom. The van der Waals surface area contributed by atoms with Gasteiger partial charge in [-0.05, 0) is 74.1 Å². The number of fused-ring (bicyclic) bond motifs is 1. The molecular weight excluding hydrogens is 282 g/mol. The van der Waals surface area contributed by atoms with E-state index in [-0.39, 0.29) is 0 Å². The molecule has 3 aliphatic carbocycles. The molecule has 2 nitrogen and oxygen atoms in total. The smallest absolute Gasteiger partial charge is 0.150 e. The first-order chi connectivity index (χ1) is 11.3. The molecule has 3 unspecified atom stereocenters. The number of benzene rings is 1. The molecule has 4 aliphatic rings. The van der Waals surface area contributed by atoms with Crippen LogP contribution in [0.15, 0.2) is 18.2 Å². The molecule has 2 saturated carbocycles. The summed E-state index contributed by atoms with van der Waals surface area (Å²) in [5.41, 5.74) is 4.35. The predicted octanol–water partition coefficient (Wildman–Crippen LogP) is 3.97. The van der Waals surface area contributed by atoms with Crippen LogP contribution in [0, 0.1) is 11.8 Å². The zero-order valence-corrected chi connectivity index (χ0v) is 14.0. The summed E-state index contributed by atoms with van der Waals surface area (Å²) in [6, 6.07) is 7.30. The number of hydrogen-bond donors (Lipinski definition) is 0. The van der Waals surface area contributed by atoms with Gasteiger partial charge in [0, 0.05) is 23.6 Å². The second-order valence-electron chi connectivity index (χ2n) is 8.50. The average molecular weight is 309 g/mol. The highest BCUT2D eigenvalue weighted by Gasteiger charge is 2.54. The minimum absolute atomic E-state index is 0.384. The van der Waals surface area contributed by atoms with E-state index >= 15 is 0 Å². The number of likely N-dealkylation sites (tertiary alicyclic amines) is 1. The third-order valence-corrected chi connectivity index (χ3v) is 7.30. The second kappa shape index (κ2) is 5.17. The Bertz CT molecular complexity index is 635. The van der Waals surface area contributed by atoms with E-state index in [1.54, 1.807) is 11.1 Å². The Labute approximate surface area is 139 Å². The van der Waals surface area contributed by atoms with Crippen LogP contribution in [0.4, 0.5) is 0 Å². The van der Waals surface area contributed by atoms with Gasteiger partial charge in [0.15, 0.2) is 0 Å². The van der Waals surface area contributed by atoms with Crippen molar-refractivity contribution in [3.05, 3.63) is 34.9 Å². The molecule has 3 atom stereocenters. The molecule has 0 radical (unpaired) electrons. The Balaban J connectivity index is 1.58. The lowest BCUT2D eigenvalue weighted by Gasteiger charge is -2.59. The van der Waals surface area contributed by atoms with Crippen molar-refractivity contribution in [2.45, 2.75) is 62.8 Å². The molecule has 0 N–H and O–H groups in total. The normalized spacial score (nSPS) is 36.2. The van der Waals surface area contributed by atoms with Crippen molar-refractivity contribution in [1.82, 2.24) is 4.90 Å². The van der Waals surface area contributed by atoms with Crippen molar-refractivity contribution in [2.24, 2.45) is 11.8 Å². The van der Waals surface area contributed by atoms with Crippen LogP contribution in [0.1, 0.15) is 66.4 Å². The molecule has 1 saturated heterocycles. The van der Waals surface area contributed by atoms with Gasteiger partial charge in [0.05, 0.1) is 0 Å². The van der Waals surface area contributed by atoms with Gasteiger partial charge < -0.3 is 0 Å². The van der Waals surface area contributed by atoms with Gasteiger partial charge in [-0.2, -0.15) is 0 Å². The predicted molar refractivity (Wildman–Crippen MR) is 91.9 cm³/mol. The molecule has 2 heteroatoms. The van der Waals surface area contributed by atoms with Gasteiger partial charge in [-0.25, -0.2) is 0 Å². The highest BCUT2D eigenvalue weighted by Crippen LogP contribution is 2.56. The molecule has 1 aliphatic heterocycles. The summed E-state index contributed by atoms with van der Waals surface area (Å²) in [6.07, 6.45) is 12.0. The van der Waals surface area contributed by atoms with Crippen LogP contribution in [-0.4, -0.2) is 30.3 Å². The van der Waals surface area contributed by atoms with E-state index in [0.29, 0.717) is 5.41 Å². The molecule has 5 rings (SSSR count). The number of carbonyl (C=O) groups is 1. The minimum Gasteiger partial charge on any atom is -0.299 e. The molecule has 122 valence electrons. The SMILES string of the molecule is O=Cc1ccc2c(c1)C13CCCCC1C(C2)N(CC1CC1)CC3. The fourth-order valence-electron chi connectivity index (χ4n) is 6.03. The van der Waals surface area contributed by atoms with Gasteiger partial charge in [0.1, 0.15) is 6.29 Å². The van der Waals surface area contributed by atoms with Crippen molar-refractivity contribution in [3.8, 4) is 0 Å². The van der Waals surface area contributed by atoms with Crippen LogP contribution in [-0.2, 0) is 11.8 Å². The molecule has 1 heterocycles. The number of nitrogens with zero attached hydrogens (tertiary/aromatic N) is 1. The highest BCUT2D eigenvalue weighted by molar-refractivity contribution is 5.75. The van der Waals surface area contributed by atoms with Gasteiger partial charge in [0.2, 0.25) is 0 Å². The van der Waals surface area contributed by atoms with Crippen LogP contribution in [0.25, 0.3) is 0 Å². The molecule has 0 aromatic heterocycles. The zero-order chi connectivity index (χ0) is 15.4. The molecule has 3 fully saturated rings. The van der Waals surface area contributed by atoms with Crippen molar-refractivity contribution >= 4 is 6.29 Å². The molecule has 0 spiro atoms. The van der Waals surface area contributed by atoms with E-state index in [2.05, 4.69) is 17.0 Å². The Morgan fingerprint density at radius 1 is 1.17 bits per heavy atom. The van der Waals surface area contributed by atoms with E-state index < -0.39 is 0 Å². The fraction of sp³-hybridized carbons (Fsp3) is 0.667. The fourth-order valence-corrected chi connectivity index (χ4v) is 6.03. The summed E-state index contributed by atoms with van der Waals surface area (Å²) < 4.78 is 0. The van der Waals surface area contributed by atoms with Crippen LogP contribution in [0.5, 0.6) is 0 Å². The van der Waals surface area contributed by atoms with Gasteiger partial charge in [-0.3, -0.25) is 9.69 Å². The summed E-state index contributed by atoms with van der Waals surface area (Å²) in [5.74, 6) is 1.82. The Morgan fingerprint density at radius 3 is 2.91 bits per heavy atom. The van der Waals surface area contributed by atoms with Crippen molar-refractivity contribution in [3.63, 3.8) is 0 Å². The first-order valence-corrected chi connectivity index (χ1v) is 9.63. The van der Waals surface area contributed by atoms with Crippen LogP contribution < -0.4 is 0 Å². The lowest BCUT2D eigenvalue weighted by molar-refractivity contribution is -0.0133. The zero-order valence-electron chi connectivity index (χ0n) is 14.0. The summed E-state index contributed by atoms with van der Waals surface area (Å²) in [7, 11) is 0. The van der Waals surface area contributed by atoms with Crippen molar-refractivity contribution < 1.29 is 4.79 Å². The molecule has 1 aromatic rings. The number of piperidine rings is 1. The summed E-state index contributed by atoms with van der Waals surface area (Å²) in [6.45, 7) is 2.63. The number of aldehydes is 1. The number of carbonyl (C=O) groups excluding carboxylic acids is 1. The van der Waals surface area contributed by atoms with E-state index in [9.17, 15) is 4.79 Å². The average Bonchev–Trinajstić information content (AvgIpc) is 3.41. The van der Waals surface area contributed by atoms with Crippen molar-refractivity contribution in [1.29, 1.82) is 0 Å². The van der Waals surface area contributed by atoms with Gasteiger partial charge >= 0.3 is 0 Å². The lowest BCUT2D eigenvalue weighted by atomic mass is 9.52. The Hall–Kier alpha value is -1.15. The van der Waals surface area contributed by atoms with Crippen LogP contribution >= 0.6 is 0 Å². The Kier molecular flexibility index (Phi) is 3.20. The molecule has 2 bridgehead atoms. The first-order valence-electron chi connectivity index (χ1n) is 9.63. The maximum Gasteiger partial charge on any atom is 0.150 e. The van der Waals surface area contributed by atoms with E-state index in [1.807, 2.05) is 6.07 Å². The molecule has 1 aromatic carbocycles. The quantitative estimate of drug-likeness (QED) is 0.788. The van der Waals surface area contributed by atoms with Crippen molar-refractivity contribution in [2.75, 3.05) is 13.1 Å². The molecular formula is C21H27NO. The number of rotatable bonds is 3. The molecule has 0 amide bonds. The second-order valence-corrected chi connectivity index (χ2v) is 8.50. The third kappa shape index (κ3) is 2.14. The lowest BCUT2D eigenvalue weighted by Crippen LogP contribution is -2.61. The third-order valence-electron chi connectivity index (χ3n) is 7.30. The maximum absolute atomic E-state index is 11.3. The highest BCUT2D eigenvalue weighted by atomic mass is 16.1. The van der Waals surface area contributed by atoms with Gasteiger partial charge in [-0.1, -0.05) is 25.0 Å². The van der Waals surface area contributed by atoms with E-state index in [1.165, 1.54) is 64.5 Å². The summed E-state index contributed by atoms with van der Waals surface area (Å²) in [4.78, 5) is 14.1. The topological polar surface area (TPSA) is 20.3 Å². The minimum atomic E-state index is 0.384. The standard InChI is InChI=1S/C21H27NO/c23-14-16-6-7-17-12-20-18-3-1-2-8-21(18,19(17)11-16)9-10-22(20)13-15-4-5-15/h6-7,11,14-15,18,20H,1-5,8-10,12-13H2. The number of hydrogen-bond acceptors (Lipinski definition) is 2. The first kappa shape index (κ1) is 14.2. The van der Waals surface area contributed by atoms with Gasteiger partial charge in [0.25, 0.3) is 0 Å². The largest absolute Gasteiger partial charge is 0.299 e. The van der Waals surface area contributed by atoms with E-state index in [4.69, 9.17) is 0 Å². The maximum atomic E-state index is 11.3. The van der Waals surface area contributed by atoms with E-state index in [0.717, 1.165) is 29.7 Å². The molecule has 23 heavy (non-hydrogen) atoms. The van der Waals surface area contributed by atoms with Gasteiger partial charge in [-0.15, -0.1) is 0 Å². The summed E-state index contributed by atoms with van der Waals surface area (Å²) in [5, 5.41) is 0. The van der Waals surface area contributed by atoms with Crippen LogP contribution in [0.3, 0.4) is 0 Å².